The average Bonchev–Trinajstić information content (AvgIpc) is 2.59. The molecule has 0 aliphatic rings. The molecule has 18 heavy (non-hydrogen) atoms. The Balaban J connectivity index is 2.57. The van der Waals surface area contributed by atoms with E-state index < -0.39 is 8.96 Å². The summed E-state index contributed by atoms with van der Waals surface area (Å²) in [5.74, 6) is 0.605. The third kappa shape index (κ3) is 2.52. The highest BCUT2D eigenvalue weighted by molar-refractivity contribution is 6.59. The van der Waals surface area contributed by atoms with Crippen LogP contribution in [0.4, 0.5) is 5.95 Å². The summed E-state index contributed by atoms with van der Waals surface area (Å²) in [6.45, 7) is 10.7. The molecule has 0 fully saturated rings. The van der Waals surface area contributed by atoms with Gasteiger partial charge in [-0.3, -0.25) is 0 Å². The van der Waals surface area contributed by atoms with Gasteiger partial charge in [-0.15, -0.1) is 0 Å². The number of nitrogens with one attached hydrogen (secondary N) is 2. The molecule has 0 aromatic carbocycles. The second-order valence-corrected chi connectivity index (χ2v) is 8.25. The van der Waals surface area contributed by atoms with E-state index >= 15 is 0 Å². The van der Waals surface area contributed by atoms with Gasteiger partial charge in [-0.25, -0.2) is 4.98 Å². The highest BCUT2D eigenvalue weighted by Gasteiger charge is 2.21. The molecule has 0 amide bonds. The maximum absolute atomic E-state index is 6.30. The van der Waals surface area contributed by atoms with Crippen LogP contribution in [0, 0.1) is 0 Å². The number of halogens is 1. The van der Waals surface area contributed by atoms with Crippen LogP contribution < -0.4 is 4.98 Å². The molecule has 97 valence electrons. The van der Waals surface area contributed by atoms with E-state index in [4.69, 9.17) is 11.6 Å². The topological polar surface area (TPSA) is 53.6 Å². The molecule has 1 radical (unpaired) electrons. The molecule has 4 nitrogen and oxygen atoms in total. The molecule has 0 saturated carbocycles. The van der Waals surface area contributed by atoms with E-state index in [-0.39, 0.29) is 5.41 Å². The molecule has 2 N–H and O–H groups in total. The third-order valence-electron chi connectivity index (χ3n) is 2.66. The second-order valence-electron chi connectivity index (χ2n) is 5.64. The van der Waals surface area contributed by atoms with Crippen molar-refractivity contribution in [3.63, 3.8) is 0 Å². The Labute approximate surface area is 114 Å². The van der Waals surface area contributed by atoms with E-state index in [0.717, 1.165) is 16.6 Å². The summed E-state index contributed by atoms with van der Waals surface area (Å²) >= 11 is 6.30. The fourth-order valence-electron chi connectivity index (χ4n) is 1.86. The van der Waals surface area contributed by atoms with Gasteiger partial charge in [0, 0.05) is 6.20 Å². The van der Waals surface area contributed by atoms with Crippen molar-refractivity contribution < 1.29 is 0 Å². The van der Waals surface area contributed by atoms with E-state index in [0.29, 0.717) is 11.1 Å². The number of fused-ring (bicyclic) bond motifs is 1. The van der Waals surface area contributed by atoms with Crippen molar-refractivity contribution in [1.29, 1.82) is 0 Å². The summed E-state index contributed by atoms with van der Waals surface area (Å²) in [5, 5.41) is 1.44. The molecule has 0 aliphatic heterocycles. The molecule has 2 rings (SSSR count). The number of rotatable bonds is 2. The fraction of sp³-hybridized carbons (Fsp3) is 0.500. The summed E-state index contributed by atoms with van der Waals surface area (Å²) in [6.07, 6.45) is 1.97. The van der Waals surface area contributed by atoms with E-state index in [1.807, 2.05) is 6.20 Å². The predicted octanol–water partition coefficient (Wildman–Crippen LogP) is 3.57. The summed E-state index contributed by atoms with van der Waals surface area (Å²) in [4.78, 5) is 15.3. The maximum atomic E-state index is 6.30. The number of H-pyrrole nitrogens is 1. The Morgan fingerprint density at radius 2 is 1.94 bits per heavy atom. The zero-order valence-corrected chi connectivity index (χ0v) is 13.1. The van der Waals surface area contributed by atoms with Gasteiger partial charge < -0.3 is 9.97 Å². The maximum Gasteiger partial charge on any atom is 0.217 e. The molecule has 2 aromatic rings. The van der Waals surface area contributed by atoms with Crippen LogP contribution in [0.1, 0.15) is 26.3 Å². The Morgan fingerprint density at radius 3 is 2.50 bits per heavy atom. The molecule has 0 saturated heterocycles. The van der Waals surface area contributed by atoms with Crippen molar-refractivity contribution in [3.8, 4) is 0 Å². The first-order chi connectivity index (χ1) is 8.29. The minimum atomic E-state index is -0.640. The smallest absolute Gasteiger partial charge is 0.217 e. The van der Waals surface area contributed by atoms with Crippen LogP contribution in [0.2, 0.25) is 18.2 Å². The van der Waals surface area contributed by atoms with Crippen LogP contribution in [0.5, 0.6) is 0 Å². The first kappa shape index (κ1) is 13.4. The number of anilines is 1. The molecule has 2 aromatic heterocycles. The Hall–Kier alpha value is -1.07. The molecule has 0 unspecified atom stereocenters. The van der Waals surface area contributed by atoms with Crippen LogP contribution >= 0.6 is 11.6 Å². The number of hydrogen-bond donors (Lipinski definition) is 2. The van der Waals surface area contributed by atoms with Gasteiger partial charge in [0.15, 0.2) is 8.96 Å². The van der Waals surface area contributed by atoms with E-state index in [1.54, 1.807) is 0 Å². The predicted molar refractivity (Wildman–Crippen MR) is 78.7 cm³/mol. The van der Waals surface area contributed by atoms with E-state index in [2.05, 4.69) is 53.8 Å². The van der Waals surface area contributed by atoms with E-state index in [1.165, 1.54) is 0 Å². The van der Waals surface area contributed by atoms with E-state index in [9.17, 15) is 0 Å². The molecule has 0 aliphatic carbocycles. The quantitative estimate of drug-likeness (QED) is 0.654. The van der Waals surface area contributed by atoms with Gasteiger partial charge in [0.2, 0.25) is 5.95 Å². The minimum Gasteiger partial charge on any atom is -0.380 e. The minimum absolute atomic E-state index is 0.0185. The molecule has 2 heterocycles. The van der Waals surface area contributed by atoms with Gasteiger partial charge >= 0.3 is 0 Å². The number of hydrogen-bond acceptors (Lipinski definition) is 3. The lowest BCUT2D eigenvalue weighted by atomic mass is 9.87. The van der Waals surface area contributed by atoms with Crippen molar-refractivity contribution >= 4 is 37.5 Å². The second kappa shape index (κ2) is 4.55. The monoisotopic (exact) mass is 281 g/mol. The third-order valence-corrected chi connectivity index (χ3v) is 3.65. The molecule has 0 spiro atoms. The highest BCUT2D eigenvalue weighted by Crippen LogP contribution is 2.33. The van der Waals surface area contributed by atoms with Crippen LogP contribution in [0.3, 0.4) is 0 Å². The first-order valence-electron chi connectivity index (χ1n) is 5.91. The Kier molecular flexibility index (Phi) is 3.38. The van der Waals surface area contributed by atoms with Crippen molar-refractivity contribution in [2.45, 2.75) is 39.3 Å². The van der Waals surface area contributed by atoms with Gasteiger partial charge in [0.05, 0.1) is 5.39 Å². The van der Waals surface area contributed by atoms with Crippen LogP contribution in [-0.2, 0) is 5.41 Å². The fourth-order valence-corrected chi connectivity index (χ4v) is 2.69. The summed E-state index contributed by atoms with van der Waals surface area (Å²) < 4.78 is 0. The molecule has 0 bridgehead atoms. The molecular weight excluding hydrogens is 264 g/mol. The van der Waals surface area contributed by atoms with Gasteiger partial charge in [-0.05, 0) is 11.0 Å². The van der Waals surface area contributed by atoms with Crippen LogP contribution in [0.25, 0.3) is 11.0 Å². The number of aromatic nitrogens is 3. The normalized spacial score (nSPS) is 12.4. The van der Waals surface area contributed by atoms with Crippen molar-refractivity contribution in [2.75, 3.05) is 4.98 Å². The van der Waals surface area contributed by atoms with Gasteiger partial charge in [0.25, 0.3) is 0 Å². The Morgan fingerprint density at radius 1 is 1.28 bits per heavy atom. The van der Waals surface area contributed by atoms with Gasteiger partial charge in [0.1, 0.15) is 10.8 Å². The number of nitrogens with zero attached hydrogens (tertiary/aromatic N) is 2. The van der Waals surface area contributed by atoms with Crippen molar-refractivity contribution in [3.05, 3.63) is 16.9 Å². The molecule has 6 heteroatoms. The summed E-state index contributed by atoms with van der Waals surface area (Å²) in [7, 11) is -0.640. The lowest BCUT2D eigenvalue weighted by Crippen LogP contribution is -2.17. The van der Waals surface area contributed by atoms with Crippen molar-refractivity contribution in [1.82, 2.24) is 15.0 Å². The summed E-state index contributed by atoms with van der Waals surface area (Å²) in [5.41, 5.74) is 1.96. The van der Waals surface area contributed by atoms with Crippen molar-refractivity contribution in [2.24, 2.45) is 0 Å². The Bertz CT molecular complexity index is 571. The zero-order chi connectivity index (χ0) is 13.5. The molecule has 0 atom stereocenters. The zero-order valence-electron chi connectivity index (χ0n) is 11.3. The van der Waals surface area contributed by atoms with Crippen LogP contribution in [-0.4, -0.2) is 23.9 Å². The lowest BCUT2D eigenvalue weighted by Gasteiger charge is -2.17. The average molecular weight is 282 g/mol. The lowest BCUT2D eigenvalue weighted by molar-refractivity contribution is 0.595. The molecular formula is C12H18ClN4Si. The summed E-state index contributed by atoms with van der Waals surface area (Å²) in [6, 6.07) is 0. The van der Waals surface area contributed by atoms with Gasteiger partial charge in [-0.1, -0.05) is 45.5 Å². The SMILES string of the molecule is C[Si](C)Nc1nc(Cl)c2c(C(C)(C)C)c[nH]c2n1. The first-order valence-corrected chi connectivity index (χ1v) is 8.79. The highest BCUT2D eigenvalue weighted by atomic mass is 35.5. The largest absolute Gasteiger partial charge is 0.380 e. The number of aromatic amines is 1. The van der Waals surface area contributed by atoms with Crippen LogP contribution in [0.15, 0.2) is 6.20 Å². The standard InChI is InChI=1S/C12H18ClN4Si/c1-12(2,3)7-6-14-10-8(7)9(13)15-11(16-10)17-18(4)5/h6H,1-5H3,(H2,14,15,16,17). The van der Waals surface area contributed by atoms with Gasteiger partial charge in [-0.2, -0.15) is 4.98 Å².